The van der Waals surface area contributed by atoms with Gasteiger partial charge in [-0.15, -0.1) is 0 Å². The van der Waals surface area contributed by atoms with Crippen LogP contribution in [0.2, 0.25) is 0 Å². The summed E-state index contributed by atoms with van der Waals surface area (Å²) >= 11 is 0. The second kappa shape index (κ2) is 8.52. The van der Waals surface area contributed by atoms with E-state index in [1.165, 1.54) is 0 Å². The standard InChI is InChI=1S/C20H31N3O3/c1-15(2)23(14-16-6-10-21-11-7-16)18(24)17-8-12-22(13-9-17)19(25)26-20(3,4)5/h6-7,10-11,15,17H,8-9,12-14H2,1-5H3. The van der Waals surface area contributed by atoms with Gasteiger partial charge in [0.25, 0.3) is 0 Å². The van der Waals surface area contributed by atoms with Crippen molar-refractivity contribution in [2.24, 2.45) is 5.92 Å². The molecule has 0 unspecified atom stereocenters. The Balaban J connectivity index is 1.94. The predicted molar refractivity (Wildman–Crippen MR) is 100 cm³/mol. The zero-order valence-corrected chi connectivity index (χ0v) is 16.6. The lowest BCUT2D eigenvalue weighted by Crippen LogP contribution is -2.47. The molecule has 1 fully saturated rings. The SMILES string of the molecule is CC(C)N(Cc1ccncc1)C(=O)C1CCN(C(=O)OC(C)(C)C)CC1. The first-order valence-corrected chi connectivity index (χ1v) is 9.34. The minimum absolute atomic E-state index is 0.0436. The number of piperidine rings is 1. The molecule has 144 valence electrons. The van der Waals surface area contributed by atoms with Crippen molar-refractivity contribution in [3.8, 4) is 0 Å². The van der Waals surface area contributed by atoms with E-state index in [0.29, 0.717) is 32.5 Å². The van der Waals surface area contributed by atoms with Crippen LogP contribution in [0.3, 0.4) is 0 Å². The molecule has 2 rings (SSSR count). The summed E-state index contributed by atoms with van der Waals surface area (Å²) in [5, 5.41) is 0. The first-order chi connectivity index (χ1) is 12.2. The van der Waals surface area contributed by atoms with Gasteiger partial charge in [-0.05, 0) is 65.2 Å². The number of carbonyl (C=O) groups excluding carboxylic acids is 2. The van der Waals surface area contributed by atoms with Gasteiger partial charge in [-0.2, -0.15) is 0 Å². The smallest absolute Gasteiger partial charge is 0.410 e. The molecular formula is C20H31N3O3. The van der Waals surface area contributed by atoms with Gasteiger partial charge in [0.05, 0.1) is 0 Å². The molecule has 0 bridgehead atoms. The molecule has 26 heavy (non-hydrogen) atoms. The first-order valence-electron chi connectivity index (χ1n) is 9.34. The molecule has 1 aliphatic rings. The van der Waals surface area contributed by atoms with Gasteiger partial charge in [0.1, 0.15) is 5.60 Å². The fourth-order valence-electron chi connectivity index (χ4n) is 3.07. The molecule has 1 aromatic rings. The van der Waals surface area contributed by atoms with Crippen LogP contribution < -0.4 is 0 Å². The Hall–Kier alpha value is -2.11. The highest BCUT2D eigenvalue weighted by Crippen LogP contribution is 2.23. The molecular weight excluding hydrogens is 330 g/mol. The molecule has 0 atom stereocenters. The van der Waals surface area contributed by atoms with E-state index >= 15 is 0 Å². The molecule has 0 radical (unpaired) electrons. The second-order valence-corrected chi connectivity index (χ2v) is 8.16. The zero-order chi connectivity index (χ0) is 19.3. The number of amides is 2. The third-order valence-corrected chi connectivity index (χ3v) is 4.50. The monoisotopic (exact) mass is 361 g/mol. The maximum Gasteiger partial charge on any atom is 0.410 e. The van der Waals surface area contributed by atoms with Crippen molar-refractivity contribution in [2.75, 3.05) is 13.1 Å². The molecule has 1 saturated heterocycles. The van der Waals surface area contributed by atoms with E-state index in [2.05, 4.69) is 4.98 Å². The van der Waals surface area contributed by atoms with Gasteiger partial charge >= 0.3 is 6.09 Å². The average Bonchev–Trinajstić information content (AvgIpc) is 2.58. The lowest BCUT2D eigenvalue weighted by atomic mass is 9.94. The van der Waals surface area contributed by atoms with Crippen molar-refractivity contribution in [3.63, 3.8) is 0 Å². The fourth-order valence-corrected chi connectivity index (χ4v) is 3.07. The number of rotatable bonds is 4. The van der Waals surface area contributed by atoms with Crippen LogP contribution in [0.15, 0.2) is 24.5 Å². The molecule has 1 aliphatic heterocycles. The fraction of sp³-hybridized carbons (Fsp3) is 0.650. The summed E-state index contributed by atoms with van der Waals surface area (Å²) in [6.07, 6.45) is 4.56. The zero-order valence-electron chi connectivity index (χ0n) is 16.6. The minimum Gasteiger partial charge on any atom is -0.444 e. The van der Waals surface area contributed by atoms with Crippen molar-refractivity contribution < 1.29 is 14.3 Å². The molecule has 1 aromatic heterocycles. The van der Waals surface area contributed by atoms with E-state index in [9.17, 15) is 9.59 Å². The average molecular weight is 361 g/mol. The van der Waals surface area contributed by atoms with E-state index in [0.717, 1.165) is 5.56 Å². The third kappa shape index (κ3) is 5.71. The molecule has 6 nitrogen and oxygen atoms in total. The van der Waals surface area contributed by atoms with Crippen LogP contribution >= 0.6 is 0 Å². The van der Waals surface area contributed by atoms with Gasteiger partial charge in [-0.3, -0.25) is 9.78 Å². The van der Waals surface area contributed by atoms with Crippen molar-refractivity contribution in [3.05, 3.63) is 30.1 Å². The topological polar surface area (TPSA) is 62.7 Å². The summed E-state index contributed by atoms with van der Waals surface area (Å²) in [6.45, 7) is 11.4. The quantitative estimate of drug-likeness (QED) is 0.824. The highest BCUT2D eigenvalue weighted by Gasteiger charge is 2.32. The van der Waals surface area contributed by atoms with Crippen LogP contribution in [0, 0.1) is 5.92 Å². The molecule has 0 spiro atoms. The van der Waals surface area contributed by atoms with Crippen LogP contribution in [0.25, 0.3) is 0 Å². The molecule has 0 aromatic carbocycles. The molecule has 6 heteroatoms. The Morgan fingerprint density at radius 2 is 1.81 bits per heavy atom. The van der Waals surface area contributed by atoms with Crippen LogP contribution in [0.5, 0.6) is 0 Å². The number of aromatic nitrogens is 1. The summed E-state index contributed by atoms with van der Waals surface area (Å²) < 4.78 is 5.42. The molecule has 2 heterocycles. The largest absolute Gasteiger partial charge is 0.444 e. The van der Waals surface area contributed by atoms with Crippen molar-refractivity contribution in [2.45, 2.75) is 65.6 Å². The normalized spacial score (nSPS) is 15.8. The molecule has 0 aliphatic carbocycles. The van der Waals surface area contributed by atoms with Gasteiger partial charge in [0.2, 0.25) is 5.91 Å². The highest BCUT2D eigenvalue weighted by atomic mass is 16.6. The van der Waals surface area contributed by atoms with Crippen molar-refractivity contribution in [1.29, 1.82) is 0 Å². The van der Waals surface area contributed by atoms with Crippen LogP contribution in [-0.4, -0.2) is 51.5 Å². The van der Waals surface area contributed by atoms with Crippen LogP contribution in [0.1, 0.15) is 53.0 Å². The van der Waals surface area contributed by atoms with Gasteiger partial charge in [0, 0.05) is 44.0 Å². The molecule has 2 amide bonds. The first kappa shape index (κ1) is 20.2. The lowest BCUT2D eigenvalue weighted by molar-refractivity contribution is -0.139. The highest BCUT2D eigenvalue weighted by molar-refractivity contribution is 5.79. The van der Waals surface area contributed by atoms with Crippen molar-refractivity contribution >= 4 is 12.0 Å². The van der Waals surface area contributed by atoms with E-state index in [-0.39, 0.29) is 24.0 Å². The van der Waals surface area contributed by atoms with Gasteiger partial charge in [0.15, 0.2) is 0 Å². The minimum atomic E-state index is -0.497. The Morgan fingerprint density at radius 3 is 2.31 bits per heavy atom. The lowest BCUT2D eigenvalue weighted by Gasteiger charge is -2.36. The second-order valence-electron chi connectivity index (χ2n) is 8.16. The summed E-state index contributed by atoms with van der Waals surface area (Å²) in [6, 6.07) is 4.00. The predicted octanol–water partition coefficient (Wildman–Crippen LogP) is 3.47. The maximum atomic E-state index is 13.0. The Morgan fingerprint density at radius 1 is 1.23 bits per heavy atom. The van der Waals surface area contributed by atoms with Gasteiger partial charge < -0.3 is 14.5 Å². The van der Waals surface area contributed by atoms with Crippen LogP contribution in [0.4, 0.5) is 4.79 Å². The van der Waals surface area contributed by atoms with E-state index in [1.807, 2.05) is 51.7 Å². The number of likely N-dealkylation sites (tertiary alicyclic amines) is 1. The number of carbonyl (C=O) groups is 2. The van der Waals surface area contributed by atoms with Crippen LogP contribution in [-0.2, 0) is 16.1 Å². The van der Waals surface area contributed by atoms with E-state index < -0.39 is 5.60 Å². The summed E-state index contributed by atoms with van der Waals surface area (Å²) in [5.74, 6) is 0.124. The number of hydrogen-bond donors (Lipinski definition) is 0. The number of hydrogen-bond acceptors (Lipinski definition) is 4. The van der Waals surface area contributed by atoms with Gasteiger partial charge in [-0.1, -0.05) is 0 Å². The number of nitrogens with zero attached hydrogens (tertiary/aromatic N) is 3. The Bertz CT molecular complexity index is 602. The van der Waals surface area contributed by atoms with E-state index in [4.69, 9.17) is 4.74 Å². The Kier molecular flexibility index (Phi) is 6.62. The molecule has 0 N–H and O–H groups in total. The summed E-state index contributed by atoms with van der Waals surface area (Å²) in [4.78, 5) is 32.9. The summed E-state index contributed by atoms with van der Waals surface area (Å²) in [7, 11) is 0. The number of ether oxygens (including phenoxy) is 1. The molecule has 0 saturated carbocycles. The third-order valence-electron chi connectivity index (χ3n) is 4.50. The van der Waals surface area contributed by atoms with Crippen molar-refractivity contribution in [1.82, 2.24) is 14.8 Å². The number of pyridine rings is 1. The summed E-state index contributed by atoms with van der Waals surface area (Å²) in [5.41, 5.74) is 0.580. The van der Waals surface area contributed by atoms with E-state index in [1.54, 1.807) is 17.3 Å². The maximum absolute atomic E-state index is 13.0. The van der Waals surface area contributed by atoms with Gasteiger partial charge in [-0.25, -0.2) is 4.79 Å². The Labute approximate surface area is 156 Å².